The third kappa shape index (κ3) is 4.90. The Kier molecular flexibility index (Phi) is 6.73. The molecule has 4 rings (SSSR count). The molecule has 8 nitrogen and oxygen atoms in total. The summed E-state index contributed by atoms with van der Waals surface area (Å²) >= 11 is 6.34. The maximum absolute atomic E-state index is 14.1. The lowest BCUT2D eigenvalue weighted by atomic mass is 10.1. The number of nitrogens with one attached hydrogen (secondary N) is 1. The van der Waals surface area contributed by atoms with Gasteiger partial charge < -0.3 is 15.5 Å². The smallest absolute Gasteiger partial charge is 0.266 e. The first-order valence-electron chi connectivity index (χ1n) is 10.4. The summed E-state index contributed by atoms with van der Waals surface area (Å²) in [5, 5.41) is 27.1. The van der Waals surface area contributed by atoms with Crippen LogP contribution in [0.25, 0.3) is 16.6 Å². The van der Waals surface area contributed by atoms with E-state index in [0.717, 1.165) is 0 Å². The van der Waals surface area contributed by atoms with E-state index < -0.39 is 12.1 Å². The van der Waals surface area contributed by atoms with Crippen LogP contribution in [0.3, 0.4) is 0 Å². The van der Waals surface area contributed by atoms with E-state index in [4.69, 9.17) is 11.6 Å². The number of pyridine rings is 2. The van der Waals surface area contributed by atoms with Gasteiger partial charge in [-0.05, 0) is 25.5 Å². The molecule has 0 bridgehead atoms. The summed E-state index contributed by atoms with van der Waals surface area (Å²) in [6.07, 6.45) is 4.16. The van der Waals surface area contributed by atoms with E-state index in [2.05, 4.69) is 15.4 Å². The van der Waals surface area contributed by atoms with Crippen molar-refractivity contribution in [2.75, 3.05) is 11.9 Å². The normalized spacial score (nSPS) is 13.2. The fraction of sp³-hybridized carbons (Fsp3) is 0.261. The predicted octanol–water partition coefficient (Wildman–Crippen LogP) is 2.97. The summed E-state index contributed by atoms with van der Waals surface area (Å²) in [7, 11) is 0. The molecule has 3 heterocycles. The average Bonchev–Trinajstić information content (AvgIpc) is 3.20. The number of fused-ring (bicyclic) bond motifs is 1. The van der Waals surface area contributed by atoms with Crippen molar-refractivity contribution >= 4 is 28.3 Å². The molecule has 0 spiro atoms. The first-order valence-corrected chi connectivity index (χ1v) is 10.8. The quantitative estimate of drug-likeness (QED) is 0.365. The third-order valence-corrected chi connectivity index (χ3v) is 5.57. The molecular weight excluding hydrogens is 449 g/mol. The largest absolute Gasteiger partial charge is 0.394 e. The summed E-state index contributed by atoms with van der Waals surface area (Å²) in [4.78, 5) is 17.4. The molecule has 33 heavy (non-hydrogen) atoms. The van der Waals surface area contributed by atoms with E-state index >= 15 is 0 Å². The zero-order valence-corrected chi connectivity index (χ0v) is 18.6. The number of aliphatic hydroxyl groups is 2. The van der Waals surface area contributed by atoms with Crippen molar-refractivity contribution in [3.8, 4) is 5.69 Å². The van der Waals surface area contributed by atoms with Crippen molar-refractivity contribution in [3.05, 3.63) is 81.7 Å². The third-order valence-electron chi connectivity index (χ3n) is 5.28. The Morgan fingerprint density at radius 2 is 2.03 bits per heavy atom. The number of rotatable bonds is 8. The van der Waals surface area contributed by atoms with Crippen LogP contribution in [0.1, 0.15) is 18.9 Å². The Hall–Kier alpha value is -3.27. The van der Waals surface area contributed by atoms with E-state index in [0.29, 0.717) is 34.4 Å². The first-order chi connectivity index (χ1) is 15.9. The van der Waals surface area contributed by atoms with Crippen LogP contribution in [0.4, 0.5) is 10.2 Å². The molecule has 3 aromatic heterocycles. The molecule has 0 saturated carbocycles. The van der Waals surface area contributed by atoms with E-state index in [1.807, 2.05) is 0 Å². The number of nitrogens with zero attached hydrogens (tertiary/aromatic N) is 4. The summed E-state index contributed by atoms with van der Waals surface area (Å²) in [6, 6.07) is 9.33. The molecule has 0 fully saturated rings. The van der Waals surface area contributed by atoms with Crippen molar-refractivity contribution in [2.45, 2.75) is 32.0 Å². The highest BCUT2D eigenvalue weighted by atomic mass is 35.5. The van der Waals surface area contributed by atoms with Gasteiger partial charge >= 0.3 is 0 Å². The molecule has 172 valence electrons. The van der Waals surface area contributed by atoms with E-state index in [1.54, 1.807) is 48.1 Å². The number of hydrogen-bond donors (Lipinski definition) is 3. The van der Waals surface area contributed by atoms with Gasteiger partial charge in [0.15, 0.2) is 0 Å². The fourth-order valence-corrected chi connectivity index (χ4v) is 3.87. The van der Waals surface area contributed by atoms with E-state index in [-0.39, 0.29) is 29.6 Å². The molecule has 0 radical (unpaired) electrons. The summed E-state index contributed by atoms with van der Waals surface area (Å²) < 4.78 is 17.0. The van der Waals surface area contributed by atoms with Crippen LogP contribution in [0.2, 0.25) is 5.02 Å². The maximum atomic E-state index is 14.1. The molecule has 2 atom stereocenters. The molecule has 10 heteroatoms. The molecule has 4 aromatic rings. The van der Waals surface area contributed by atoms with Crippen LogP contribution in [0.15, 0.2) is 59.8 Å². The Balaban J connectivity index is 1.68. The number of halogens is 2. The molecule has 3 N–H and O–H groups in total. The lowest BCUT2D eigenvalue weighted by Crippen LogP contribution is -2.28. The van der Waals surface area contributed by atoms with Gasteiger partial charge in [0.05, 0.1) is 59.3 Å². The molecule has 1 aromatic carbocycles. The summed E-state index contributed by atoms with van der Waals surface area (Å²) in [5.74, 6) is 0.0613. The zero-order valence-electron chi connectivity index (χ0n) is 17.8. The van der Waals surface area contributed by atoms with Crippen LogP contribution in [0, 0.1) is 5.82 Å². The van der Waals surface area contributed by atoms with Gasteiger partial charge in [-0.2, -0.15) is 5.10 Å². The molecule has 0 aliphatic heterocycles. The standard InChI is InChI=1S/C23H23ClFN5O3/c1-14(32)8-16(13-31)28-22-9-21(18(24)11-26-22)29-7-6-20-17(23(29)33)10-27-30(20)12-15-4-2-3-5-19(15)25/h2-7,9-11,14,16,31-32H,8,12-13H2,1H3,(H,26,28)/t14?,16-/m0/s1. The number of hydrogen-bond acceptors (Lipinski definition) is 6. The average molecular weight is 472 g/mol. The minimum Gasteiger partial charge on any atom is -0.394 e. The molecular formula is C23H23ClFN5O3. The second-order valence-corrected chi connectivity index (χ2v) is 8.22. The lowest BCUT2D eigenvalue weighted by Gasteiger charge is -2.19. The van der Waals surface area contributed by atoms with Gasteiger partial charge in [0.25, 0.3) is 5.56 Å². The summed E-state index contributed by atoms with van der Waals surface area (Å²) in [5.41, 5.74) is 1.10. The number of aromatic nitrogens is 4. The highest BCUT2D eigenvalue weighted by molar-refractivity contribution is 6.32. The van der Waals surface area contributed by atoms with Gasteiger partial charge in [0.2, 0.25) is 0 Å². The Bertz CT molecular complexity index is 1340. The van der Waals surface area contributed by atoms with Crippen LogP contribution in [0.5, 0.6) is 0 Å². The van der Waals surface area contributed by atoms with Gasteiger partial charge in [-0.3, -0.25) is 14.0 Å². The Morgan fingerprint density at radius 1 is 1.24 bits per heavy atom. The highest BCUT2D eigenvalue weighted by Crippen LogP contribution is 2.23. The molecule has 0 aliphatic carbocycles. The highest BCUT2D eigenvalue weighted by Gasteiger charge is 2.16. The van der Waals surface area contributed by atoms with Crippen LogP contribution in [-0.2, 0) is 6.54 Å². The van der Waals surface area contributed by atoms with Crippen LogP contribution in [-0.4, -0.2) is 48.3 Å². The Labute approximate surface area is 193 Å². The second-order valence-electron chi connectivity index (χ2n) is 7.81. The van der Waals surface area contributed by atoms with Crippen molar-refractivity contribution in [1.82, 2.24) is 19.3 Å². The summed E-state index contributed by atoms with van der Waals surface area (Å²) in [6.45, 7) is 1.62. The van der Waals surface area contributed by atoms with Gasteiger partial charge in [0.1, 0.15) is 11.6 Å². The van der Waals surface area contributed by atoms with Gasteiger partial charge in [-0.15, -0.1) is 0 Å². The fourth-order valence-electron chi connectivity index (χ4n) is 3.67. The lowest BCUT2D eigenvalue weighted by molar-refractivity contribution is 0.159. The monoisotopic (exact) mass is 471 g/mol. The molecule has 1 unspecified atom stereocenters. The number of aliphatic hydroxyl groups excluding tert-OH is 2. The topological polar surface area (TPSA) is 105 Å². The van der Waals surface area contributed by atoms with Gasteiger partial charge in [0, 0.05) is 17.8 Å². The Morgan fingerprint density at radius 3 is 2.76 bits per heavy atom. The predicted molar refractivity (Wildman–Crippen MR) is 124 cm³/mol. The maximum Gasteiger partial charge on any atom is 0.266 e. The van der Waals surface area contributed by atoms with E-state index in [1.165, 1.54) is 23.0 Å². The van der Waals surface area contributed by atoms with Gasteiger partial charge in [-0.25, -0.2) is 9.37 Å². The number of benzene rings is 1. The molecule has 0 amide bonds. The molecule has 0 saturated heterocycles. The van der Waals surface area contributed by atoms with E-state index in [9.17, 15) is 19.4 Å². The second kappa shape index (κ2) is 9.70. The van der Waals surface area contributed by atoms with Crippen molar-refractivity contribution < 1.29 is 14.6 Å². The van der Waals surface area contributed by atoms with Crippen molar-refractivity contribution in [3.63, 3.8) is 0 Å². The van der Waals surface area contributed by atoms with Crippen LogP contribution < -0.4 is 10.9 Å². The molecule has 0 aliphatic rings. The minimum atomic E-state index is -0.604. The zero-order chi connectivity index (χ0) is 23.5. The van der Waals surface area contributed by atoms with Gasteiger partial charge in [-0.1, -0.05) is 29.8 Å². The number of anilines is 1. The SMILES string of the molecule is CC(O)C[C@@H](CO)Nc1cc(-n2ccc3c(cnn3Cc3ccccc3F)c2=O)c(Cl)cn1. The van der Waals surface area contributed by atoms with Crippen LogP contribution >= 0.6 is 11.6 Å². The van der Waals surface area contributed by atoms with Crippen molar-refractivity contribution in [1.29, 1.82) is 0 Å². The van der Waals surface area contributed by atoms with Crippen molar-refractivity contribution in [2.24, 2.45) is 0 Å². The minimum absolute atomic E-state index is 0.190. The first kappa shape index (κ1) is 22.9.